The van der Waals surface area contributed by atoms with E-state index in [4.69, 9.17) is 5.11 Å². The summed E-state index contributed by atoms with van der Waals surface area (Å²) in [6, 6.07) is -0.175. The highest BCUT2D eigenvalue weighted by atomic mass is 32.2. The van der Waals surface area contributed by atoms with E-state index in [9.17, 15) is 9.59 Å². The Kier molecular flexibility index (Phi) is 3.59. The number of carboxylic acid groups (broad SMARTS) is 1. The van der Waals surface area contributed by atoms with Gasteiger partial charge >= 0.3 is 5.97 Å². The first-order valence-corrected chi connectivity index (χ1v) is 5.35. The lowest BCUT2D eigenvalue weighted by molar-refractivity contribution is -0.139. The van der Waals surface area contributed by atoms with E-state index in [1.807, 2.05) is 0 Å². The maximum absolute atomic E-state index is 11.3. The molecule has 0 aromatic rings. The Labute approximate surface area is 81.3 Å². The van der Waals surface area contributed by atoms with Crippen molar-refractivity contribution in [3.63, 3.8) is 0 Å². The standard InChI is InChI=1S/C8H13NO3S/c1-6(4-8(11)12)9-2-3-13-5-7(9)10/h6H,2-5H2,1H3,(H,11,12). The van der Waals surface area contributed by atoms with Gasteiger partial charge in [-0.3, -0.25) is 9.59 Å². The summed E-state index contributed by atoms with van der Waals surface area (Å²) in [4.78, 5) is 23.4. The van der Waals surface area contributed by atoms with Gasteiger partial charge in [-0.05, 0) is 6.92 Å². The SMILES string of the molecule is CC(CC(=O)O)N1CCSCC1=O. The molecule has 5 heteroatoms. The normalized spacial score (nSPS) is 20.1. The van der Waals surface area contributed by atoms with Gasteiger partial charge in [0.2, 0.25) is 5.91 Å². The summed E-state index contributed by atoms with van der Waals surface area (Å²) >= 11 is 1.60. The van der Waals surface area contributed by atoms with Crippen LogP contribution in [0.25, 0.3) is 0 Å². The second-order valence-electron chi connectivity index (χ2n) is 3.09. The molecule has 1 saturated heterocycles. The van der Waals surface area contributed by atoms with Crippen molar-refractivity contribution >= 4 is 23.6 Å². The Hall–Kier alpha value is -0.710. The van der Waals surface area contributed by atoms with E-state index in [2.05, 4.69) is 0 Å². The van der Waals surface area contributed by atoms with Gasteiger partial charge in [-0.25, -0.2) is 0 Å². The van der Waals surface area contributed by atoms with Crippen LogP contribution in [0.3, 0.4) is 0 Å². The number of hydrogen-bond donors (Lipinski definition) is 1. The van der Waals surface area contributed by atoms with Crippen LogP contribution in [0.2, 0.25) is 0 Å². The number of amides is 1. The van der Waals surface area contributed by atoms with Crippen molar-refractivity contribution in [2.45, 2.75) is 19.4 Å². The highest BCUT2D eigenvalue weighted by Gasteiger charge is 2.24. The summed E-state index contributed by atoms with van der Waals surface area (Å²) in [5.41, 5.74) is 0. The summed E-state index contributed by atoms with van der Waals surface area (Å²) in [7, 11) is 0. The summed E-state index contributed by atoms with van der Waals surface area (Å²) < 4.78 is 0. The van der Waals surface area contributed by atoms with Crippen molar-refractivity contribution in [3.8, 4) is 0 Å². The van der Waals surface area contributed by atoms with E-state index in [-0.39, 0.29) is 18.4 Å². The predicted molar refractivity (Wildman–Crippen MR) is 50.8 cm³/mol. The number of carbonyl (C=O) groups excluding carboxylic acids is 1. The van der Waals surface area contributed by atoms with Gasteiger partial charge in [0.25, 0.3) is 0 Å². The van der Waals surface area contributed by atoms with Gasteiger partial charge < -0.3 is 10.0 Å². The molecule has 0 aromatic heterocycles. The minimum absolute atomic E-state index is 0.0381. The van der Waals surface area contributed by atoms with E-state index >= 15 is 0 Å². The molecular weight excluding hydrogens is 190 g/mol. The number of carboxylic acids is 1. The summed E-state index contributed by atoms with van der Waals surface area (Å²) in [5.74, 6) is 0.614. The van der Waals surface area contributed by atoms with Crippen LogP contribution in [0.5, 0.6) is 0 Å². The first-order valence-electron chi connectivity index (χ1n) is 4.20. The summed E-state index contributed by atoms with van der Waals surface area (Å²) in [5, 5.41) is 8.56. The lowest BCUT2D eigenvalue weighted by Gasteiger charge is -2.31. The average Bonchev–Trinajstić information content (AvgIpc) is 2.03. The van der Waals surface area contributed by atoms with Crippen molar-refractivity contribution in [1.29, 1.82) is 0 Å². The van der Waals surface area contributed by atoms with Crippen molar-refractivity contribution < 1.29 is 14.7 Å². The number of nitrogens with zero attached hydrogens (tertiary/aromatic N) is 1. The first-order chi connectivity index (χ1) is 6.11. The predicted octanol–water partition coefficient (Wildman–Crippen LogP) is 0.425. The molecule has 1 heterocycles. The number of thioether (sulfide) groups is 1. The molecule has 1 N–H and O–H groups in total. The quantitative estimate of drug-likeness (QED) is 0.722. The maximum Gasteiger partial charge on any atom is 0.305 e. The molecule has 1 unspecified atom stereocenters. The molecule has 1 amide bonds. The zero-order valence-electron chi connectivity index (χ0n) is 7.52. The first kappa shape index (κ1) is 10.4. The maximum atomic E-state index is 11.3. The van der Waals surface area contributed by atoms with Gasteiger partial charge in [0.05, 0.1) is 12.2 Å². The molecule has 0 aromatic carbocycles. The van der Waals surface area contributed by atoms with Crippen LogP contribution in [-0.2, 0) is 9.59 Å². The zero-order valence-corrected chi connectivity index (χ0v) is 8.34. The molecule has 1 atom stereocenters. The van der Waals surface area contributed by atoms with Crippen LogP contribution in [0, 0.1) is 0 Å². The van der Waals surface area contributed by atoms with Crippen LogP contribution in [0.15, 0.2) is 0 Å². The van der Waals surface area contributed by atoms with Crippen LogP contribution in [0.1, 0.15) is 13.3 Å². The minimum atomic E-state index is -0.849. The monoisotopic (exact) mass is 203 g/mol. The van der Waals surface area contributed by atoms with Crippen molar-refractivity contribution in [3.05, 3.63) is 0 Å². The molecule has 0 radical (unpaired) electrons. The molecule has 0 saturated carbocycles. The van der Waals surface area contributed by atoms with Crippen LogP contribution in [-0.4, -0.2) is 46.0 Å². The molecule has 74 valence electrons. The Morgan fingerprint density at radius 3 is 3.00 bits per heavy atom. The lowest BCUT2D eigenvalue weighted by atomic mass is 10.2. The fourth-order valence-electron chi connectivity index (χ4n) is 1.36. The molecule has 0 bridgehead atoms. The molecule has 0 spiro atoms. The minimum Gasteiger partial charge on any atom is -0.481 e. The Morgan fingerprint density at radius 1 is 1.77 bits per heavy atom. The molecular formula is C8H13NO3S. The van der Waals surface area contributed by atoms with E-state index < -0.39 is 5.97 Å². The summed E-state index contributed by atoms with van der Waals surface area (Å²) in [6.07, 6.45) is 0.0381. The van der Waals surface area contributed by atoms with Gasteiger partial charge in [0, 0.05) is 18.3 Å². The van der Waals surface area contributed by atoms with Crippen LogP contribution < -0.4 is 0 Å². The number of rotatable bonds is 3. The Balaban J connectivity index is 2.48. The highest BCUT2D eigenvalue weighted by molar-refractivity contribution is 8.00. The molecule has 13 heavy (non-hydrogen) atoms. The molecule has 1 fully saturated rings. The Morgan fingerprint density at radius 2 is 2.46 bits per heavy atom. The van der Waals surface area contributed by atoms with E-state index in [1.165, 1.54) is 0 Å². The van der Waals surface area contributed by atoms with Gasteiger partial charge in [-0.1, -0.05) is 0 Å². The van der Waals surface area contributed by atoms with Gasteiger partial charge in [-0.2, -0.15) is 11.8 Å². The number of hydrogen-bond acceptors (Lipinski definition) is 3. The zero-order chi connectivity index (χ0) is 9.84. The lowest BCUT2D eigenvalue weighted by Crippen LogP contribution is -2.44. The van der Waals surface area contributed by atoms with E-state index in [0.717, 1.165) is 5.75 Å². The highest BCUT2D eigenvalue weighted by Crippen LogP contribution is 2.14. The summed E-state index contributed by atoms with van der Waals surface area (Å²) in [6.45, 7) is 2.46. The number of carbonyl (C=O) groups is 2. The number of aliphatic carboxylic acids is 1. The molecule has 1 aliphatic rings. The van der Waals surface area contributed by atoms with Crippen LogP contribution in [0.4, 0.5) is 0 Å². The van der Waals surface area contributed by atoms with Crippen molar-refractivity contribution in [2.75, 3.05) is 18.1 Å². The molecule has 1 aliphatic heterocycles. The largest absolute Gasteiger partial charge is 0.481 e. The third-order valence-corrected chi connectivity index (χ3v) is 2.95. The third-order valence-electron chi connectivity index (χ3n) is 2.02. The van der Waals surface area contributed by atoms with E-state index in [0.29, 0.717) is 12.3 Å². The smallest absolute Gasteiger partial charge is 0.305 e. The van der Waals surface area contributed by atoms with Crippen LogP contribution >= 0.6 is 11.8 Å². The molecule has 0 aliphatic carbocycles. The fourth-order valence-corrected chi connectivity index (χ4v) is 2.17. The molecule has 1 rings (SSSR count). The second-order valence-corrected chi connectivity index (χ2v) is 4.19. The fraction of sp³-hybridized carbons (Fsp3) is 0.750. The molecule has 4 nitrogen and oxygen atoms in total. The average molecular weight is 203 g/mol. The van der Waals surface area contributed by atoms with Crippen molar-refractivity contribution in [2.24, 2.45) is 0 Å². The van der Waals surface area contributed by atoms with Gasteiger partial charge in [0.15, 0.2) is 0 Å². The topological polar surface area (TPSA) is 57.6 Å². The van der Waals surface area contributed by atoms with Crippen molar-refractivity contribution in [1.82, 2.24) is 4.90 Å². The van der Waals surface area contributed by atoms with E-state index in [1.54, 1.807) is 23.6 Å². The van der Waals surface area contributed by atoms with Gasteiger partial charge in [0.1, 0.15) is 0 Å². The second kappa shape index (κ2) is 4.50. The van der Waals surface area contributed by atoms with Gasteiger partial charge in [-0.15, -0.1) is 0 Å². The third kappa shape index (κ3) is 2.91. The Bertz CT molecular complexity index is 219.